The van der Waals surface area contributed by atoms with Gasteiger partial charge in [-0.3, -0.25) is 4.79 Å². The Labute approximate surface area is 142 Å². The number of aryl methyl sites for hydroxylation is 1. The lowest BCUT2D eigenvalue weighted by Gasteiger charge is -2.37. The first-order valence-corrected chi connectivity index (χ1v) is 10.2. The summed E-state index contributed by atoms with van der Waals surface area (Å²) in [6.07, 6.45) is 1.60. The molecule has 1 aromatic rings. The van der Waals surface area contributed by atoms with Crippen LogP contribution in [-0.4, -0.2) is 50.6 Å². The minimum absolute atomic E-state index is 0.0254. The predicted molar refractivity (Wildman–Crippen MR) is 91.8 cm³/mol. The summed E-state index contributed by atoms with van der Waals surface area (Å²) in [7, 11) is -3.02. The maximum Gasteiger partial charge on any atom is 0.264 e. The van der Waals surface area contributed by atoms with Crippen LogP contribution in [0, 0.1) is 6.92 Å². The van der Waals surface area contributed by atoms with E-state index in [2.05, 4.69) is 10.6 Å². The number of hydrogen-bond acceptors (Lipinski definition) is 5. The second-order valence-corrected chi connectivity index (χ2v) is 8.96. The Hall–Kier alpha value is -1.60. The van der Waals surface area contributed by atoms with Crippen molar-refractivity contribution in [2.24, 2.45) is 0 Å². The van der Waals surface area contributed by atoms with Crippen molar-refractivity contribution in [2.45, 2.75) is 37.8 Å². The average molecular weight is 352 g/mol. The molecule has 2 heterocycles. The Morgan fingerprint density at radius 3 is 2.50 bits per heavy atom. The lowest BCUT2D eigenvalue weighted by atomic mass is 9.90. The highest BCUT2D eigenvalue weighted by atomic mass is 32.2. The van der Waals surface area contributed by atoms with E-state index in [9.17, 15) is 13.2 Å². The Kier molecular flexibility index (Phi) is 4.83. The highest BCUT2D eigenvalue weighted by Gasteiger charge is 2.43. The third-order valence-corrected chi connectivity index (χ3v) is 6.49. The summed E-state index contributed by atoms with van der Waals surface area (Å²) < 4.78 is 29.3. The summed E-state index contributed by atoms with van der Waals surface area (Å²) in [6.45, 7) is 3.39. The van der Waals surface area contributed by atoms with Crippen LogP contribution in [0.5, 0.6) is 5.75 Å². The number of ether oxygens (including phenoxy) is 1. The molecule has 0 bridgehead atoms. The van der Waals surface area contributed by atoms with Crippen LogP contribution >= 0.6 is 0 Å². The molecule has 0 unspecified atom stereocenters. The van der Waals surface area contributed by atoms with E-state index in [-0.39, 0.29) is 23.5 Å². The van der Waals surface area contributed by atoms with Crippen LogP contribution in [0.2, 0.25) is 0 Å². The molecule has 7 heteroatoms. The zero-order valence-electron chi connectivity index (χ0n) is 13.9. The van der Waals surface area contributed by atoms with Crippen LogP contribution in [0.4, 0.5) is 0 Å². The Morgan fingerprint density at radius 1 is 1.25 bits per heavy atom. The second kappa shape index (κ2) is 6.72. The van der Waals surface area contributed by atoms with Crippen molar-refractivity contribution in [2.75, 3.05) is 24.6 Å². The Balaban J connectivity index is 1.75. The zero-order chi connectivity index (χ0) is 17.2. The van der Waals surface area contributed by atoms with Crippen molar-refractivity contribution in [3.05, 3.63) is 29.8 Å². The largest absolute Gasteiger partial charge is 0.477 e. The number of amides is 1. The quantitative estimate of drug-likeness (QED) is 0.837. The van der Waals surface area contributed by atoms with Crippen molar-refractivity contribution in [3.8, 4) is 5.75 Å². The van der Waals surface area contributed by atoms with E-state index in [1.54, 1.807) is 0 Å². The molecule has 0 aliphatic carbocycles. The molecule has 2 N–H and O–H groups in total. The topological polar surface area (TPSA) is 84.5 Å². The predicted octanol–water partition coefficient (Wildman–Crippen LogP) is 0.799. The van der Waals surface area contributed by atoms with Crippen LogP contribution in [-0.2, 0) is 14.6 Å². The van der Waals surface area contributed by atoms with E-state index in [4.69, 9.17) is 4.74 Å². The van der Waals surface area contributed by atoms with Gasteiger partial charge in [-0.15, -0.1) is 0 Å². The fraction of sp³-hybridized carbons (Fsp3) is 0.588. The summed E-state index contributed by atoms with van der Waals surface area (Å²) in [5.41, 5.74) is 0.190. The molecule has 0 aromatic heterocycles. The number of hydrogen-bond donors (Lipinski definition) is 2. The van der Waals surface area contributed by atoms with Crippen LogP contribution in [0.1, 0.15) is 24.8 Å². The van der Waals surface area contributed by atoms with E-state index in [0.29, 0.717) is 38.1 Å². The molecular weight excluding hydrogens is 328 g/mol. The lowest BCUT2D eigenvalue weighted by Crippen LogP contribution is -2.58. The molecule has 0 spiro atoms. The van der Waals surface area contributed by atoms with Gasteiger partial charge in [0.1, 0.15) is 5.75 Å². The van der Waals surface area contributed by atoms with Crippen LogP contribution in [0.3, 0.4) is 0 Å². The molecule has 2 saturated heterocycles. The summed E-state index contributed by atoms with van der Waals surface area (Å²) in [5, 5.41) is 6.15. The van der Waals surface area contributed by atoms with Crippen molar-refractivity contribution in [3.63, 3.8) is 0 Å². The number of sulfone groups is 1. The minimum Gasteiger partial charge on any atom is -0.477 e. The van der Waals surface area contributed by atoms with Crippen molar-refractivity contribution in [1.29, 1.82) is 0 Å². The van der Waals surface area contributed by atoms with Gasteiger partial charge in [0.25, 0.3) is 5.91 Å². The minimum atomic E-state index is -3.02. The van der Waals surface area contributed by atoms with E-state index >= 15 is 0 Å². The normalized spacial score (nSPS) is 25.1. The molecule has 1 atom stereocenters. The Bertz CT molecular complexity index is 694. The maximum absolute atomic E-state index is 12.9. The van der Waals surface area contributed by atoms with Gasteiger partial charge >= 0.3 is 0 Å². The Morgan fingerprint density at radius 2 is 1.92 bits per heavy atom. The monoisotopic (exact) mass is 352 g/mol. The van der Waals surface area contributed by atoms with Crippen LogP contribution < -0.4 is 15.4 Å². The van der Waals surface area contributed by atoms with Crippen LogP contribution in [0.25, 0.3) is 0 Å². The highest BCUT2D eigenvalue weighted by Crippen LogP contribution is 2.28. The summed E-state index contributed by atoms with van der Waals surface area (Å²) in [4.78, 5) is 12.9. The molecule has 0 saturated carbocycles. The third kappa shape index (κ3) is 3.89. The van der Waals surface area contributed by atoms with Gasteiger partial charge < -0.3 is 15.4 Å². The molecule has 2 aliphatic rings. The molecule has 3 rings (SSSR count). The summed E-state index contributed by atoms with van der Waals surface area (Å²) in [5.74, 6) is 0.631. The van der Waals surface area contributed by atoms with Gasteiger partial charge in [0.05, 0.1) is 11.5 Å². The zero-order valence-corrected chi connectivity index (χ0v) is 14.7. The molecule has 2 aliphatic heterocycles. The van der Waals surface area contributed by atoms with Crippen molar-refractivity contribution in [1.82, 2.24) is 10.6 Å². The van der Waals surface area contributed by atoms with Gasteiger partial charge in [0.15, 0.2) is 15.4 Å². The van der Waals surface area contributed by atoms with Gasteiger partial charge in [-0.1, -0.05) is 17.7 Å². The number of carbonyl (C=O) groups excluding carboxylic acids is 1. The molecule has 1 aromatic carbocycles. The first-order chi connectivity index (χ1) is 11.4. The summed E-state index contributed by atoms with van der Waals surface area (Å²) in [6, 6.07) is 7.33. The van der Waals surface area contributed by atoms with Gasteiger partial charge in [-0.25, -0.2) is 8.42 Å². The van der Waals surface area contributed by atoms with Crippen LogP contribution in [0.15, 0.2) is 24.3 Å². The number of carbonyl (C=O) groups is 1. The third-order valence-electron chi connectivity index (χ3n) is 4.73. The van der Waals surface area contributed by atoms with Crippen molar-refractivity contribution >= 4 is 15.7 Å². The summed E-state index contributed by atoms with van der Waals surface area (Å²) >= 11 is 0. The molecule has 1 amide bonds. The molecule has 24 heavy (non-hydrogen) atoms. The molecule has 2 fully saturated rings. The number of rotatable bonds is 4. The van der Waals surface area contributed by atoms with E-state index < -0.39 is 15.4 Å². The van der Waals surface area contributed by atoms with Gasteiger partial charge in [-0.2, -0.15) is 0 Å². The maximum atomic E-state index is 12.9. The SMILES string of the molecule is Cc1ccc(OC2(C(=O)N[C@@H]3CCS(=O)(=O)C3)CCNCC2)cc1. The first-order valence-electron chi connectivity index (χ1n) is 8.36. The fourth-order valence-corrected chi connectivity index (χ4v) is 4.94. The number of piperidine rings is 1. The first kappa shape index (κ1) is 17.2. The number of nitrogens with one attached hydrogen (secondary N) is 2. The van der Waals surface area contributed by atoms with Gasteiger partial charge in [0.2, 0.25) is 0 Å². The second-order valence-electron chi connectivity index (χ2n) is 6.73. The lowest BCUT2D eigenvalue weighted by molar-refractivity contribution is -0.139. The average Bonchev–Trinajstić information content (AvgIpc) is 2.89. The van der Waals surface area contributed by atoms with Gasteiger partial charge in [-0.05, 0) is 38.6 Å². The van der Waals surface area contributed by atoms with E-state index in [1.807, 2.05) is 31.2 Å². The van der Waals surface area contributed by atoms with Crippen molar-refractivity contribution < 1.29 is 17.9 Å². The molecular formula is C17H24N2O4S. The molecule has 6 nitrogen and oxygen atoms in total. The van der Waals surface area contributed by atoms with Gasteiger partial charge in [0, 0.05) is 18.9 Å². The van der Waals surface area contributed by atoms with E-state index in [0.717, 1.165) is 5.56 Å². The smallest absolute Gasteiger partial charge is 0.264 e. The molecule has 0 radical (unpaired) electrons. The standard InChI is InChI=1S/C17H24N2O4S/c1-13-2-4-15(5-3-13)23-17(7-9-18-10-8-17)16(20)19-14-6-11-24(21,22)12-14/h2-5,14,18H,6-12H2,1H3,(H,19,20)/t14-/m1/s1. The van der Waals surface area contributed by atoms with E-state index in [1.165, 1.54) is 0 Å². The fourth-order valence-electron chi connectivity index (χ4n) is 3.26. The highest BCUT2D eigenvalue weighted by molar-refractivity contribution is 7.91. The molecule has 132 valence electrons. The number of benzene rings is 1.